The van der Waals surface area contributed by atoms with E-state index in [1.54, 1.807) is 9.80 Å². The van der Waals surface area contributed by atoms with Gasteiger partial charge in [-0.1, -0.05) is 0 Å². The molecule has 0 bridgehead atoms. The number of carbonyl (C=O) groups is 4. The van der Waals surface area contributed by atoms with Crippen LogP contribution in [0.1, 0.15) is 88.5 Å². The monoisotopic (exact) mass is 680 g/mol. The van der Waals surface area contributed by atoms with E-state index in [2.05, 4.69) is 20.6 Å². The SMILES string of the molecule is CC(C)N1C=C(C(N)=O)NC1O.CC(C)N1C=C(C(N)=O)NC1O.CC(C)n1cc(C(N)=O)[nH]c1=O.CC(C)n1cc(C(N)=O)[nH]c1=O. The summed E-state index contributed by atoms with van der Waals surface area (Å²) in [6.07, 6.45) is 4.22. The molecule has 2 aromatic rings. The quantitative estimate of drug-likeness (QED) is 0.139. The fourth-order valence-electron chi connectivity index (χ4n) is 3.91. The zero-order valence-electron chi connectivity index (χ0n) is 28.2. The summed E-state index contributed by atoms with van der Waals surface area (Å²) in [4.78, 5) is 72.7. The molecule has 20 heteroatoms. The topological polar surface area (TPSA) is 319 Å². The molecule has 4 rings (SSSR count). The van der Waals surface area contributed by atoms with Crippen LogP contribution in [0.25, 0.3) is 0 Å². The lowest BCUT2D eigenvalue weighted by molar-refractivity contribution is -0.115. The lowest BCUT2D eigenvalue weighted by Crippen LogP contribution is -2.40. The molecule has 4 heterocycles. The van der Waals surface area contributed by atoms with Gasteiger partial charge in [-0.15, -0.1) is 0 Å². The number of nitrogens with two attached hydrogens (primary N) is 4. The zero-order valence-corrected chi connectivity index (χ0v) is 28.2. The maximum atomic E-state index is 11.1. The molecular weight excluding hydrogens is 632 g/mol. The van der Waals surface area contributed by atoms with Crippen LogP contribution < -0.4 is 44.9 Å². The van der Waals surface area contributed by atoms with Gasteiger partial charge >= 0.3 is 11.4 Å². The number of amides is 4. The zero-order chi connectivity index (χ0) is 37.2. The van der Waals surface area contributed by atoms with E-state index in [-0.39, 0.29) is 58.3 Å². The number of aliphatic hydroxyl groups excluding tert-OH is 2. The Hall–Kier alpha value is -5.50. The molecule has 0 spiro atoms. The molecule has 2 aliphatic rings. The van der Waals surface area contributed by atoms with Crippen molar-refractivity contribution in [2.45, 2.75) is 92.3 Å². The van der Waals surface area contributed by atoms with Gasteiger partial charge in [0, 0.05) is 49.0 Å². The summed E-state index contributed by atoms with van der Waals surface area (Å²) in [5, 5.41) is 23.8. The molecular formula is C28H48N12O8. The molecule has 0 saturated carbocycles. The van der Waals surface area contributed by atoms with Gasteiger partial charge in [0.05, 0.1) is 0 Å². The van der Waals surface area contributed by atoms with Crippen molar-refractivity contribution < 1.29 is 29.4 Å². The van der Waals surface area contributed by atoms with Crippen LogP contribution in [0, 0.1) is 0 Å². The van der Waals surface area contributed by atoms with Crippen LogP contribution in [-0.2, 0) is 9.59 Å². The van der Waals surface area contributed by atoms with Crippen molar-refractivity contribution in [3.05, 3.63) is 68.5 Å². The fourth-order valence-corrected chi connectivity index (χ4v) is 3.91. The van der Waals surface area contributed by atoms with Crippen LogP contribution in [0.15, 0.2) is 45.8 Å². The van der Waals surface area contributed by atoms with E-state index in [0.29, 0.717) is 0 Å². The predicted molar refractivity (Wildman–Crippen MR) is 175 cm³/mol. The summed E-state index contributed by atoms with van der Waals surface area (Å²) in [5.41, 5.74) is 20.2. The first kappa shape index (κ1) is 40.5. The van der Waals surface area contributed by atoms with Crippen molar-refractivity contribution >= 4 is 23.6 Å². The van der Waals surface area contributed by atoms with E-state index in [0.717, 1.165) is 0 Å². The van der Waals surface area contributed by atoms with E-state index < -0.39 is 36.3 Å². The van der Waals surface area contributed by atoms with Gasteiger partial charge in [-0.2, -0.15) is 0 Å². The smallest absolute Gasteiger partial charge is 0.326 e. The second kappa shape index (κ2) is 17.4. The molecule has 2 aliphatic heterocycles. The molecule has 268 valence electrons. The Kier molecular flexibility index (Phi) is 14.7. The molecule has 0 aliphatic carbocycles. The summed E-state index contributed by atoms with van der Waals surface area (Å²) < 4.78 is 2.83. The minimum Gasteiger partial charge on any atom is -0.364 e. The molecule has 0 aromatic carbocycles. The van der Waals surface area contributed by atoms with Gasteiger partial charge in [-0.3, -0.25) is 28.3 Å². The number of rotatable bonds is 8. The van der Waals surface area contributed by atoms with Gasteiger partial charge in [0.2, 0.25) is 12.7 Å². The first-order valence-corrected chi connectivity index (χ1v) is 14.8. The number of aromatic amines is 2. The van der Waals surface area contributed by atoms with Crippen LogP contribution in [0.3, 0.4) is 0 Å². The van der Waals surface area contributed by atoms with Crippen molar-refractivity contribution in [1.29, 1.82) is 0 Å². The molecule has 0 fully saturated rings. The van der Waals surface area contributed by atoms with Crippen molar-refractivity contribution in [3.63, 3.8) is 0 Å². The van der Waals surface area contributed by atoms with Crippen LogP contribution in [0.5, 0.6) is 0 Å². The molecule has 0 saturated heterocycles. The number of nitrogens with one attached hydrogen (secondary N) is 4. The molecule has 20 nitrogen and oxygen atoms in total. The first-order chi connectivity index (χ1) is 22.1. The summed E-state index contributed by atoms with van der Waals surface area (Å²) in [5.74, 6) is -2.35. The maximum absolute atomic E-state index is 11.1. The Labute approximate surface area is 276 Å². The average Bonchev–Trinajstić information content (AvgIpc) is 3.74. The number of carbonyl (C=O) groups excluding carboxylic acids is 4. The molecule has 14 N–H and O–H groups in total. The van der Waals surface area contributed by atoms with Crippen molar-refractivity contribution in [2.24, 2.45) is 22.9 Å². The second-order valence-electron chi connectivity index (χ2n) is 11.6. The summed E-state index contributed by atoms with van der Waals surface area (Å²) in [7, 11) is 0. The lowest BCUT2D eigenvalue weighted by atomic mass is 10.3. The first-order valence-electron chi connectivity index (χ1n) is 14.8. The average molecular weight is 681 g/mol. The van der Waals surface area contributed by atoms with Gasteiger partial charge in [0.15, 0.2) is 0 Å². The standard InChI is InChI=1S/2C7H13N3O2.2C7H11N3O2/c4*1-4(2)10-3-5(6(8)11)9-7(10)12/h2*3-4,7,9,12H,1-2H3,(H2,8,11);2*3-4H,1-2H3,(H2,8,11)(H,9,12). The molecule has 4 amide bonds. The highest BCUT2D eigenvalue weighted by Crippen LogP contribution is 2.13. The van der Waals surface area contributed by atoms with Gasteiger partial charge in [0.25, 0.3) is 23.6 Å². The van der Waals surface area contributed by atoms with Gasteiger partial charge in [-0.25, -0.2) is 9.59 Å². The van der Waals surface area contributed by atoms with E-state index in [4.69, 9.17) is 22.9 Å². The Morgan fingerprint density at radius 1 is 0.583 bits per heavy atom. The van der Waals surface area contributed by atoms with Crippen LogP contribution in [0.4, 0.5) is 0 Å². The van der Waals surface area contributed by atoms with Gasteiger partial charge in [0.1, 0.15) is 22.8 Å². The van der Waals surface area contributed by atoms with Crippen molar-refractivity contribution in [3.8, 4) is 0 Å². The van der Waals surface area contributed by atoms with Crippen LogP contribution in [-0.4, -0.2) is 87.5 Å². The molecule has 2 atom stereocenters. The number of nitrogens with zero attached hydrogens (tertiary/aromatic N) is 4. The van der Waals surface area contributed by atoms with E-state index in [1.807, 2.05) is 55.4 Å². The summed E-state index contributed by atoms with van der Waals surface area (Å²) >= 11 is 0. The largest absolute Gasteiger partial charge is 0.364 e. The van der Waals surface area contributed by atoms with Crippen molar-refractivity contribution in [2.75, 3.05) is 0 Å². The fraction of sp³-hybridized carbons (Fsp3) is 0.500. The van der Waals surface area contributed by atoms with Crippen LogP contribution in [0.2, 0.25) is 0 Å². The molecule has 48 heavy (non-hydrogen) atoms. The maximum Gasteiger partial charge on any atom is 0.326 e. The highest BCUT2D eigenvalue weighted by Gasteiger charge is 2.26. The number of aromatic nitrogens is 4. The van der Waals surface area contributed by atoms with E-state index in [1.165, 1.54) is 33.9 Å². The van der Waals surface area contributed by atoms with E-state index >= 15 is 0 Å². The Balaban J connectivity index is 0.000000320. The highest BCUT2D eigenvalue weighted by molar-refractivity contribution is 5.92. The van der Waals surface area contributed by atoms with Gasteiger partial charge in [-0.05, 0) is 55.4 Å². The second-order valence-corrected chi connectivity index (χ2v) is 11.6. The molecule has 2 aromatic heterocycles. The Morgan fingerprint density at radius 2 is 0.875 bits per heavy atom. The third-order valence-corrected chi connectivity index (χ3v) is 6.55. The highest BCUT2D eigenvalue weighted by atomic mass is 16.3. The number of H-pyrrole nitrogens is 2. The number of imidazole rings is 2. The summed E-state index contributed by atoms with van der Waals surface area (Å²) in [6.45, 7) is 15.0. The third kappa shape index (κ3) is 11.4. The molecule has 2 unspecified atom stereocenters. The number of primary amides is 4. The predicted octanol–water partition coefficient (Wildman–Crippen LogP) is -2.48. The van der Waals surface area contributed by atoms with Crippen molar-refractivity contribution in [1.82, 2.24) is 39.5 Å². The number of hydrogen-bond donors (Lipinski definition) is 10. The van der Waals surface area contributed by atoms with Crippen LogP contribution >= 0.6 is 0 Å². The normalized spacial score (nSPS) is 16.5. The minimum absolute atomic E-state index is 0.0295. The lowest BCUT2D eigenvalue weighted by Gasteiger charge is -2.24. The Bertz CT molecular complexity index is 1490. The number of hydrogen-bond acceptors (Lipinski definition) is 12. The minimum atomic E-state index is -0.840. The van der Waals surface area contributed by atoms with E-state index in [9.17, 15) is 39.0 Å². The third-order valence-electron chi connectivity index (χ3n) is 6.55. The molecule has 0 radical (unpaired) electrons. The van der Waals surface area contributed by atoms with Gasteiger partial charge < -0.3 is 63.5 Å². The number of aliphatic hydroxyl groups is 2. The Morgan fingerprint density at radius 3 is 1.00 bits per heavy atom. The summed E-state index contributed by atoms with van der Waals surface area (Å²) in [6, 6.07) is 0.317.